The smallest absolute Gasteiger partial charge is 0.436 e. The van der Waals surface area contributed by atoms with Gasteiger partial charge >= 0.3 is 6.09 Å². The first-order chi connectivity index (χ1) is 19.5. The van der Waals surface area contributed by atoms with Crippen molar-refractivity contribution in [3.63, 3.8) is 0 Å². The molecule has 0 aliphatic heterocycles. The van der Waals surface area contributed by atoms with Crippen LogP contribution in [0.15, 0.2) is 18.9 Å². The number of carbonyl (C=O) groups is 4. The molecule has 18 heteroatoms. The summed E-state index contributed by atoms with van der Waals surface area (Å²) in [4.78, 5) is 60.2. The van der Waals surface area contributed by atoms with E-state index in [1.54, 1.807) is 25.5 Å². The zero-order valence-electron chi connectivity index (χ0n) is 22.9. The van der Waals surface area contributed by atoms with Crippen LogP contribution in [0.1, 0.15) is 26.0 Å². The highest BCUT2D eigenvalue weighted by atomic mass is 32.2. The predicted octanol–water partition coefficient (Wildman–Crippen LogP) is -1.48. The molecule has 6 N–H and O–H groups in total. The normalized spacial score (nSPS) is 12.1. The number of aromatic nitrogens is 7. The number of thioether (sulfide) groups is 1. The molecule has 0 aliphatic rings. The van der Waals surface area contributed by atoms with Crippen molar-refractivity contribution in [2.75, 3.05) is 44.0 Å². The van der Waals surface area contributed by atoms with E-state index in [9.17, 15) is 24.3 Å². The fourth-order valence-electron chi connectivity index (χ4n) is 3.38. The Hall–Kier alpha value is -4.32. The number of nitrogens with one attached hydrogen (secondary N) is 3. The lowest BCUT2D eigenvalue weighted by molar-refractivity contribution is -0.137. The maximum Gasteiger partial charge on any atom is 0.436 e. The molecule has 3 aromatic rings. The van der Waals surface area contributed by atoms with Gasteiger partial charge in [-0.05, 0) is 0 Å². The topological polar surface area (TPSA) is 234 Å². The average molecular weight is 592 g/mol. The summed E-state index contributed by atoms with van der Waals surface area (Å²) in [6.07, 6.45) is 1.85. The number of hydrogen-bond donors (Lipinski definition) is 5. The molecule has 0 saturated heterocycles. The third-order valence-corrected chi connectivity index (χ3v) is 6.74. The van der Waals surface area contributed by atoms with Crippen LogP contribution in [0.3, 0.4) is 0 Å². The van der Waals surface area contributed by atoms with Crippen LogP contribution in [-0.2, 0) is 25.7 Å². The van der Waals surface area contributed by atoms with E-state index in [2.05, 4.69) is 41.2 Å². The van der Waals surface area contributed by atoms with Crippen LogP contribution in [0.5, 0.6) is 0 Å². The number of imidazole rings is 1. The monoisotopic (exact) mass is 591 g/mol. The second-order valence-corrected chi connectivity index (χ2v) is 10.6. The van der Waals surface area contributed by atoms with E-state index in [1.807, 2.05) is 0 Å². The van der Waals surface area contributed by atoms with Crippen molar-refractivity contribution in [1.82, 2.24) is 50.5 Å². The summed E-state index contributed by atoms with van der Waals surface area (Å²) in [7, 11) is 1.55. The van der Waals surface area contributed by atoms with Gasteiger partial charge in [0, 0.05) is 37.7 Å². The van der Waals surface area contributed by atoms with Gasteiger partial charge in [-0.1, -0.05) is 19.1 Å². The number of nitrogen functional groups attached to an aromatic ring is 1. The number of aliphatic hydroxyl groups excluding tert-OH is 1. The van der Waals surface area contributed by atoms with Crippen LogP contribution in [0.2, 0.25) is 0 Å². The Kier molecular flexibility index (Phi) is 10.9. The molecular weight excluding hydrogens is 558 g/mol. The minimum atomic E-state index is -1.52. The van der Waals surface area contributed by atoms with Gasteiger partial charge in [-0.25, -0.2) is 19.7 Å². The van der Waals surface area contributed by atoms with Gasteiger partial charge in [-0.2, -0.15) is 16.4 Å². The molecule has 0 bridgehead atoms. The quantitative estimate of drug-likeness (QED) is 0.135. The van der Waals surface area contributed by atoms with Crippen LogP contribution in [0.25, 0.3) is 11.2 Å². The Labute approximate surface area is 239 Å². The van der Waals surface area contributed by atoms with E-state index in [1.165, 1.54) is 30.6 Å². The lowest BCUT2D eigenvalue weighted by Crippen LogP contribution is -2.47. The lowest BCUT2D eigenvalue weighted by atomic mass is 9.87. The van der Waals surface area contributed by atoms with Crippen molar-refractivity contribution in [3.8, 4) is 0 Å². The summed E-state index contributed by atoms with van der Waals surface area (Å²) in [5, 5.41) is 26.0. The molecule has 222 valence electrons. The number of amides is 3. The van der Waals surface area contributed by atoms with Gasteiger partial charge in [0.2, 0.25) is 17.7 Å². The zero-order chi connectivity index (χ0) is 30.0. The fourth-order valence-corrected chi connectivity index (χ4v) is 4.10. The predicted molar refractivity (Wildman–Crippen MR) is 147 cm³/mol. The van der Waals surface area contributed by atoms with Gasteiger partial charge in [0.05, 0.1) is 24.8 Å². The third-order valence-electron chi connectivity index (χ3n) is 5.78. The van der Waals surface area contributed by atoms with Gasteiger partial charge in [-0.15, -0.1) is 5.10 Å². The molecule has 0 radical (unpaired) electrons. The van der Waals surface area contributed by atoms with Gasteiger partial charge in [0.1, 0.15) is 30.2 Å². The van der Waals surface area contributed by atoms with E-state index in [4.69, 9.17) is 10.5 Å². The number of nitrogens with zero attached hydrogens (tertiary/aromatic N) is 7. The Morgan fingerprint density at radius 3 is 2.68 bits per heavy atom. The molecule has 3 amide bonds. The first-order valence-electron chi connectivity index (χ1n) is 12.5. The van der Waals surface area contributed by atoms with E-state index in [0.29, 0.717) is 34.9 Å². The maximum absolute atomic E-state index is 12.5. The lowest BCUT2D eigenvalue weighted by Gasteiger charge is -2.28. The van der Waals surface area contributed by atoms with Gasteiger partial charge in [-0.3, -0.25) is 14.4 Å². The minimum absolute atomic E-state index is 0.00946. The Morgan fingerprint density at radius 2 is 1.93 bits per heavy atom. The third kappa shape index (κ3) is 8.84. The van der Waals surface area contributed by atoms with Crippen LogP contribution >= 0.6 is 11.8 Å². The van der Waals surface area contributed by atoms with Gasteiger partial charge in [0.25, 0.3) is 0 Å². The first kappa shape index (κ1) is 31.2. The first-order valence-corrected chi connectivity index (χ1v) is 13.7. The Balaban J connectivity index is 1.40. The Bertz CT molecular complexity index is 1380. The van der Waals surface area contributed by atoms with Crippen molar-refractivity contribution in [3.05, 3.63) is 24.5 Å². The minimum Gasteiger partial charge on any atom is -0.447 e. The molecule has 3 aromatic heterocycles. The van der Waals surface area contributed by atoms with E-state index >= 15 is 0 Å². The fraction of sp³-hybridized carbons (Fsp3) is 0.522. The molecule has 0 unspecified atom stereocenters. The molecular formula is C23H33N11O6S. The number of carbonyl (C=O) groups excluding carboxylic acids is 4. The van der Waals surface area contributed by atoms with Crippen molar-refractivity contribution >= 4 is 52.6 Å². The molecule has 1 atom stereocenters. The number of ether oxygens (including phenoxy) is 1. The molecule has 0 spiro atoms. The molecule has 41 heavy (non-hydrogen) atoms. The average Bonchev–Trinajstić information content (AvgIpc) is 3.59. The van der Waals surface area contributed by atoms with Gasteiger partial charge < -0.3 is 36.1 Å². The van der Waals surface area contributed by atoms with E-state index < -0.39 is 23.5 Å². The van der Waals surface area contributed by atoms with E-state index in [-0.39, 0.29) is 43.7 Å². The second-order valence-electron chi connectivity index (χ2n) is 9.52. The number of nitrogens with two attached hydrogens (primary N) is 1. The van der Waals surface area contributed by atoms with Crippen LogP contribution in [-0.4, -0.2) is 108 Å². The van der Waals surface area contributed by atoms with Crippen molar-refractivity contribution < 1.29 is 29.0 Å². The van der Waals surface area contributed by atoms with Crippen LogP contribution in [0, 0.1) is 5.41 Å². The zero-order valence-corrected chi connectivity index (χ0v) is 23.7. The number of fused-ring (bicyclic) bond motifs is 1. The van der Waals surface area contributed by atoms with Crippen LogP contribution < -0.4 is 21.7 Å². The van der Waals surface area contributed by atoms with Crippen LogP contribution in [0.4, 0.5) is 10.6 Å². The molecule has 3 rings (SSSR count). The second kappa shape index (κ2) is 14.4. The number of aliphatic hydroxyl groups is 1. The summed E-state index contributed by atoms with van der Waals surface area (Å²) in [5.74, 6) is 0.0403. The molecule has 3 heterocycles. The van der Waals surface area contributed by atoms with Crippen molar-refractivity contribution in [1.29, 1.82) is 0 Å². The summed E-state index contributed by atoms with van der Waals surface area (Å²) in [6.45, 7) is 3.41. The summed E-state index contributed by atoms with van der Waals surface area (Å²) < 4.78 is 7.83. The molecule has 17 nitrogen and oxygen atoms in total. The highest BCUT2D eigenvalue weighted by molar-refractivity contribution is 7.99. The Morgan fingerprint density at radius 1 is 1.15 bits per heavy atom. The highest BCUT2D eigenvalue weighted by Crippen LogP contribution is 2.22. The van der Waals surface area contributed by atoms with E-state index in [0.717, 1.165) is 4.68 Å². The SMILES string of the molecule is CNC(=O)CSCCNC(=O)CCNC(=O)[C@H](O)C(C)(C)COC(=O)n1cc(Cn2cnc3c(N)ncnc32)nn1. The van der Waals surface area contributed by atoms with Gasteiger partial charge in [0.15, 0.2) is 11.5 Å². The largest absolute Gasteiger partial charge is 0.447 e. The van der Waals surface area contributed by atoms with Crippen molar-refractivity contribution in [2.24, 2.45) is 5.41 Å². The molecule has 0 fully saturated rings. The number of rotatable bonds is 14. The summed E-state index contributed by atoms with van der Waals surface area (Å²) in [6, 6.07) is 0. The number of anilines is 1. The molecule has 0 saturated carbocycles. The number of hydrogen-bond acceptors (Lipinski definition) is 13. The highest BCUT2D eigenvalue weighted by Gasteiger charge is 2.35. The van der Waals surface area contributed by atoms with Crippen molar-refractivity contribution in [2.45, 2.75) is 32.9 Å². The summed E-state index contributed by atoms with van der Waals surface area (Å²) >= 11 is 1.39. The molecule has 0 aromatic carbocycles. The standard InChI is InChI=1S/C23H33N11O6S/c1-23(2,18(37)21(38)27-5-4-15(35)26-6-7-41-10-16(36)25-3)11-40-22(39)34-9-14(31-32-34)8-33-13-30-17-19(24)28-12-29-20(17)33/h9,12-13,18,37H,4-8,10-11H2,1-3H3,(H,25,36)(H,26,35)(H,27,38)(H2,24,28,29)/t18-/m0/s1. The maximum atomic E-state index is 12.5. The summed E-state index contributed by atoms with van der Waals surface area (Å²) in [5.41, 5.74) is 6.01. The molecule has 0 aliphatic carbocycles.